The second kappa shape index (κ2) is 9.81. The summed E-state index contributed by atoms with van der Waals surface area (Å²) in [5.41, 5.74) is 0.0933. The number of hydrogen-bond acceptors (Lipinski definition) is 3. The Labute approximate surface area is 210 Å². The van der Waals surface area contributed by atoms with Gasteiger partial charge >= 0.3 is 6.18 Å². The molecule has 1 N–H and O–H groups in total. The Bertz CT molecular complexity index is 1310. The molecule has 0 saturated carbocycles. The fourth-order valence-electron chi connectivity index (χ4n) is 4.05. The van der Waals surface area contributed by atoms with Crippen molar-refractivity contribution in [2.45, 2.75) is 23.0 Å². The maximum atomic E-state index is 13.3. The van der Waals surface area contributed by atoms with Gasteiger partial charge in [0, 0.05) is 34.6 Å². The van der Waals surface area contributed by atoms with Gasteiger partial charge in [0.25, 0.3) is 5.91 Å². The molecule has 4 rings (SSSR count). The van der Waals surface area contributed by atoms with Gasteiger partial charge in [-0.25, -0.2) is 8.42 Å². The van der Waals surface area contributed by atoms with Crippen LogP contribution in [0.5, 0.6) is 0 Å². The van der Waals surface area contributed by atoms with Crippen molar-refractivity contribution in [3.8, 4) is 0 Å². The first-order chi connectivity index (χ1) is 16.4. The number of nitrogens with zero attached hydrogens (tertiary/aromatic N) is 1. The summed E-state index contributed by atoms with van der Waals surface area (Å²) >= 11 is 12.0. The first-order valence-electron chi connectivity index (χ1n) is 10.4. The smallest absolute Gasteiger partial charge is 0.347 e. The number of halogens is 5. The van der Waals surface area contributed by atoms with Crippen molar-refractivity contribution in [1.82, 2.24) is 9.62 Å². The van der Waals surface area contributed by atoms with Crippen LogP contribution in [-0.4, -0.2) is 37.8 Å². The average molecular weight is 543 g/mol. The summed E-state index contributed by atoms with van der Waals surface area (Å²) in [6, 6.07) is 16.2. The summed E-state index contributed by atoms with van der Waals surface area (Å²) in [6.45, 7) is -0.0302. The van der Waals surface area contributed by atoms with E-state index in [1.54, 1.807) is 12.1 Å². The highest BCUT2D eigenvalue weighted by molar-refractivity contribution is 7.89. The molecule has 0 aromatic heterocycles. The van der Waals surface area contributed by atoms with Gasteiger partial charge in [-0.1, -0.05) is 53.5 Å². The van der Waals surface area contributed by atoms with Gasteiger partial charge in [0.2, 0.25) is 10.0 Å². The van der Waals surface area contributed by atoms with E-state index in [-0.39, 0.29) is 39.5 Å². The zero-order valence-corrected chi connectivity index (χ0v) is 20.3. The van der Waals surface area contributed by atoms with Crippen molar-refractivity contribution in [1.29, 1.82) is 0 Å². The molecule has 5 nitrogen and oxygen atoms in total. The number of alkyl halides is 3. The fraction of sp³-hybridized carbons (Fsp3) is 0.208. The predicted octanol–water partition coefficient (Wildman–Crippen LogP) is 5.60. The molecule has 0 aliphatic carbocycles. The van der Waals surface area contributed by atoms with E-state index in [0.29, 0.717) is 0 Å². The third kappa shape index (κ3) is 5.64. The summed E-state index contributed by atoms with van der Waals surface area (Å²) in [7, 11) is -4.12. The van der Waals surface area contributed by atoms with Crippen LogP contribution in [0.3, 0.4) is 0 Å². The number of amides is 1. The topological polar surface area (TPSA) is 66.5 Å². The van der Waals surface area contributed by atoms with E-state index in [9.17, 15) is 26.4 Å². The third-order valence-corrected chi connectivity index (χ3v) is 8.06. The summed E-state index contributed by atoms with van der Waals surface area (Å²) in [5.74, 6) is -0.867. The second-order valence-corrected chi connectivity index (χ2v) is 10.9. The van der Waals surface area contributed by atoms with E-state index >= 15 is 0 Å². The van der Waals surface area contributed by atoms with Crippen molar-refractivity contribution in [3.63, 3.8) is 0 Å². The number of benzene rings is 3. The minimum absolute atomic E-state index is 0.0363. The quantitative estimate of drug-likeness (QED) is 0.456. The van der Waals surface area contributed by atoms with E-state index in [4.69, 9.17) is 23.2 Å². The van der Waals surface area contributed by atoms with Gasteiger partial charge in [0.05, 0.1) is 16.5 Å². The zero-order chi connectivity index (χ0) is 25.4. The van der Waals surface area contributed by atoms with Crippen molar-refractivity contribution >= 4 is 39.1 Å². The van der Waals surface area contributed by atoms with Gasteiger partial charge in [-0.05, 0) is 48.0 Å². The van der Waals surface area contributed by atoms with Crippen LogP contribution in [-0.2, 0) is 16.2 Å². The van der Waals surface area contributed by atoms with Crippen LogP contribution in [0.4, 0.5) is 13.2 Å². The first kappa shape index (κ1) is 25.5. The third-order valence-electron chi connectivity index (χ3n) is 5.77. The molecule has 184 valence electrons. The molecule has 1 heterocycles. The molecule has 11 heteroatoms. The first-order valence-corrected chi connectivity index (χ1v) is 12.6. The Morgan fingerprint density at radius 3 is 2.09 bits per heavy atom. The molecule has 1 saturated heterocycles. The summed E-state index contributed by atoms with van der Waals surface area (Å²) in [4.78, 5) is 12.7. The van der Waals surface area contributed by atoms with Gasteiger partial charge in [-0.2, -0.15) is 17.5 Å². The lowest BCUT2D eigenvalue weighted by molar-refractivity contribution is -0.137. The monoisotopic (exact) mass is 542 g/mol. The molecule has 1 fully saturated rings. The minimum Gasteiger partial charge on any atom is -0.347 e. The van der Waals surface area contributed by atoms with Crippen molar-refractivity contribution in [2.24, 2.45) is 0 Å². The fourth-order valence-corrected chi connectivity index (χ4v) is 6.07. The van der Waals surface area contributed by atoms with Crippen LogP contribution >= 0.6 is 23.2 Å². The lowest BCUT2D eigenvalue weighted by atomic mass is 9.94. The predicted molar refractivity (Wildman–Crippen MR) is 127 cm³/mol. The number of carbonyl (C=O) groups excluding carboxylic acids is 1. The number of rotatable bonds is 5. The average Bonchev–Trinajstić information content (AvgIpc) is 3.23. The summed E-state index contributed by atoms with van der Waals surface area (Å²) in [5, 5.41) is 3.43. The highest BCUT2D eigenvalue weighted by atomic mass is 35.5. The van der Waals surface area contributed by atoms with Crippen LogP contribution < -0.4 is 5.32 Å². The van der Waals surface area contributed by atoms with Crippen LogP contribution in [0, 0.1) is 0 Å². The summed E-state index contributed by atoms with van der Waals surface area (Å²) < 4.78 is 66.4. The van der Waals surface area contributed by atoms with E-state index < -0.39 is 33.7 Å². The normalized spacial score (nSPS) is 19.0. The molecule has 3 aromatic rings. The Morgan fingerprint density at radius 1 is 0.914 bits per heavy atom. The SMILES string of the molecule is O=C(N[C@@H]1CN(S(=O)(=O)c2ccc(C(F)(F)F)cc2)C[C@H]1c1ccccc1)c1cc(Cl)cc(Cl)c1. The van der Waals surface area contributed by atoms with Crippen molar-refractivity contribution in [3.05, 3.63) is 99.5 Å². The van der Waals surface area contributed by atoms with E-state index in [2.05, 4.69) is 5.32 Å². The Kier molecular flexibility index (Phi) is 7.15. The number of carbonyl (C=O) groups is 1. The van der Waals surface area contributed by atoms with Crippen molar-refractivity contribution in [2.75, 3.05) is 13.1 Å². The van der Waals surface area contributed by atoms with E-state index in [1.165, 1.54) is 22.5 Å². The Hall–Kier alpha value is -2.59. The molecule has 1 amide bonds. The molecule has 0 spiro atoms. The van der Waals surface area contributed by atoms with E-state index in [1.807, 2.05) is 18.2 Å². The van der Waals surface area contributed by atoms with Gasteiger partial charge < -0.3 is 5.32 Å². The maximum Gasteiger partial charge on any atom is 0.416 e. The maximum absolute atomic E-state index is 13.3. The van der Waals surface area contributed by atoms with Crippen LogP contribution in [0.25, 0.3) is 0 Å². The molecule has 0 unspecified atom stereocenters. The summed E-state index contributed by atoms with van der Waals surface area (Å²) in [6.07, 6.45) is -4.58. The standard InChI is InChI=1S/C24H19Cl2F3N2O3S/c25-18-10-16(11-19(26)12-18)23(32)30-22-14-31(13-21(22)15-4-2-1-3-5-15)35(33,34)20-8-6-17(7-9-20)24(27,28)29/h1-12,21-22H,13-14H2,(H,30,32)/t21-,22+/m0/s1. The zero-order valence-electron chi connectivity index (χ0n) is 18.0. The highest BCUT2D eigenvalue weighted by Gasteiger charge is 2.41. The van der Waals surface area contributed by atoms with Crippen molar-refractivity contribution < 1.29 is 26.4 Å². The minimum atomic E-state index is -4.58. The lowest BCUT2D eigenvalue weighted by Crippen LogP contribution is -2.40. The molecular weight excluding hydrogens is 524 g/mol. The highest BCUT2D eigenvalue weighted by Crippen LogP contribution is 2.34. The van der Waals surface area contributed by atoms with Crippen LogP contribution in [0.2, 0.25) is 10.0 Å². The second-order valence-electron chi connectivity index (χ2n) is 8.10. The molecule has 0 bridgehead atoms. The lowest BCUT2D eigenvalue weighted by Gasteiger charge is -2.20. The van der Waals surface area contributed by atoms with Gasteiger partial charge in [-0.15, -0.1) is 0 Å². The molecular formula is C24H19Cl2F3N2O3S. The number of sulfonamides is 1. The Balaban J connectivity index is 1.62. The number of hydrogen-bond donors (Lipinski definition) is 1. The molecule has 3 aromatic carbocycles. The molecule has 1 aliphatic rings. The van der Waals surface area contributed by atoms with E-state index in [0.717, 1.165) is 29.8 Å². The number of nitrogens with one attached hydrogen (secondary N) is 1. The molecule has 1 aliphatic heterocycles. The molecule has 35 heavy (non-hydrogen) atoms. The van der Waals surface area contributed by atoms with Gasteiger partial charge in [-0.3, -0.25) is 4.79 Å². The Morgan fingerprint density at radius 2 is 1.51 bits per heavy atom. The van der Waals surface area contributed by atoms with Gasteiger partial charge in [0.1, 0.15) is 0 Å². The van der Waals surface area contributed by atoms with Gasteiger partial charge in [0.15, 0.2) is 0 Å². The molecule has 2 atom stereocenters. The molecule has 0 radical (unpaired) electrons. The van der Waals surface area contributed by atoms with Crippen LogP contribution in [0.1, 0.15) is 27.4 Å². The largest absolute Gasteiger partial charge is 0.416 e. The van der Waals surface area contributed by atoms with Crippen LogP contribution in [0.15, 0.2) is 77.7 Å².